The summed E-state index contributed by atoms with van der Waals surface area (Å²) in [6, 6.07) is 1.85. The van der Waals surface area contributed by atoms with Crippen LogP contribution in [0.1, 0.15) is 5.56 Å². The van der Waals surface area contributed by atoms with Crippen molar-refractivity contribution in [1.82, 2.24) is 10.2 Å². The minimum Gasteiger partial charge on any atom is -0.307 e. The number of nitrogens with zero attached hydrogens (tertiary/aromatic N) is 2. The van der Waals surface area contributed by atoms with Crippen LogP contribution in [0.5, 0.6) is 0 Å². The largest absolute Gasteiger partial charge is 0.307 e. The minimum atomic E-state index is 0.604. The smallest absolute Gasteiger partial charge is 0.166 e. The Kier molecular flexibility index (Phi) is 2.57. The van der Waals surface area contributed by atoms with Gasteiger partial charge in [0.25, 0.3) is 0 Å². The molecule has 0 unspecified atom stereocenters. The summed E-state index contributed by atoms with van der Waals surface area (Å²) in [6.07, 6.45) is 4.16. The number of nitrogens with one attached hydrogen (secondary N) is 1. The van der Waals surface area contributed by atoms with E-state index in [4.69, 9.17) is 5.84 Å². The lowest BCUT2D eigenvalue weighted by atomic mass is 10.2. The van der Waals surface area contributed by atoms with Crippen molar-refractivity contribution in [3.8, 4) is 0 Å². The summed E-state index contributed by atoms with van der Waals surface area (Å²) in [7, 11) is 0. The standard InChI is InChI=1S/C7H10N4/c1-2-3-6-4-5-9-11-7(6)10-8/h2,4-5H,1,3,8H2,(H,10,11). The summed E-state index contributed by atoms with van der Waals surface area (Å²) < 4.78 is 0. The number of anilines is 1. The molecule has 1 rings (SSSR count). The highest BCUT2D eigenvalue weighted by molar-refractivity contribution is 5.41. The molecule has 0 atom stereocenters. The second-order valence-electron chi connectivity index (χ2n) is 2.04. The molecule has 0 aromatic carbocycles. The molecule has 0 fully saturated rings. The van der Waals surface area contributed by atoms with Gasteiger partial charge in [-0.1, -0.05) is 6.08 Å². The highest BCUT2D eigenvalue weighted by Gasteiger charge is 1.98. The van der Waals surface area contributed by atoms with Crippen molar-refractivity contribution in [2.24, 2.45) is 5.84 Å². The number of hydrogen-bond donors (Lipinski definition) is 2. The van der Waals surface area contributed by atoms with Crippen LogP contribution in [0.4, 0.5) is 5.82 Å². The average molecular weight is 150 g/mol. The number of nitrogens with two attached hydrogens (primary N) is 1. The van der Waals surface area contributed by atoms with E-state index in [1.165, 1.54) is 0 Å². The van der Waals surface area contributed by atoms with E-state index < -0.39 is 0 Å². The lowest BCUT2D eigenvalue weighted by Gasteiger charge is -2.02. The van der Waals surface area contributed by atoms with Gasteiger partial charge in [-0.05, 0) is 12.5 Å². The van der Waals surface area contributed by atoms with Gasteiger partial charge in [0.15, 0.2) is 5.82 Å². The molecule has 0 radical (unpaired) electrons. The predicted molar refractivity (Wildman–Crippen MR) is 43.7 cm³/mol. The quantitative estimate of drug-likeness (QED) is 0.374. The average Bonchev–Trinajstić information content (AvgIpc) is 2.06. The van der Waals surface area contributed by atoms with Crippen LogP contribution in [-0.2, 0) is 6.42 Å². The molecule has 0 spiro atoms. The fourth-order valence-electron chi connectivity index (χ4n) is 0.799. The van der Waals surface area contributed by atoms with Crippen molar-refractivity contribution in [2.75, 3.05) is 5.43 Å². The van der Waals surface area contributed by atoms with Crippen molar-refractivity contribution in [2.45, 2.75) is 6.42 Å². The predicted octanol–water partition coefficient (Wildman–Crippen LogP) is 0.491. The monoisotopic (exact) mass is 150 g/mol. The van der Waals surface area contributed by atoms with Crippen LogP contribution >= 0.6 is 0 Å². The third-order valence-electron chi connectivity index (χ3n) is 1.31. The lowest BCUT2D eigenvalue weighted by Crippen LogP contribution is -2.11. The van der Waals surface area contributed by atoms with Gasteiger partial charge in [-0.25, -0.2) is 5.84 Å². The first kappa shape index (κ1) is 7.68. The molecule has 0 aliphatic rings. The van der Waals surface area contributed by atoms with E-state index >= 15 is 0 Å². The van der Waals surface area contributed by atoms with Gasteiger partial charge in [0.2, 0.25) is 0 Å². The van der Waals surface area contributed by atoms with Crippen LogP contribution in [0.2, 0.25) is 0 Å². The fraction of sp³-hybridized carbons (Fsp3) is 0.143. The Balaban J connectivity index is 2.92. The molecule has 11 heavy (non-hydrogen) atoms. The number of hydrogen-bond acceptors (Lipinski definition) is 4. The molecule has 1 aromatic heterocycles. The first-order valence-electron chi connectivity index (χ1n) is 3.26. The summed E-state index contributed by atoms with van der Waals surface area (Å²) in [5.41, 5.74) is 3.46. The van der Waals surface area contributed by atoms with E-state index in [1.54, 1.807) is 12.3 Å². The van der Waals surface area contributed by atoms with E-state index in [-0.39, 0.29) is 0 Å². The maximum absolute atomic E-state index is 5.19. The van der Waals surface area contributed by atoms with Crippen molar-refractivity contribution in [1.29, 1.82) is 0 Å². The van der Waals surface area contributed by atoms with Crippen molar-refractivity contribution in [3.63, 3.8) is 0 Å². The third-order valence-corrected chi connectivity index (χ3v) is 1.31. The molecule has 0 aliphatic heterocycles. The molecular weight excluding hydrogens is 140 g/mol. The van der Waals surface area contributed by atoms with E-state index in [9.17, 15) is 0 Å². The molecule has 4 nitrogen and oxygen atoms in total. The Labute approximate surface area is 65.1 Å². The van der Waals surface area contributed by atoms with Crippen LogP contribution in [0, 0.1) is 0 Å². The molecule has 4 heteroatoms. The van der Waals surface area contributed by atoms with E-state index in [2.05, 4.69) is 22.2 Å². The molecular formula is C7H10N4. The first-order chi connectivity index (χ1) is 5.38. The molecule has 0 saturated carbocycles. The highest BCUT2D eigenvalue weighted by atomic mass is 15.3. The van der Waals surface area contributed by atoms with Crippen LogP contribution < -0.4 is 11.3 Å². The Hall–Kier alpha value is -1.42. The number of nitrogen functional groups attached to an aromatic ring is 1. The molecule has 0 aliphatic carbocycles. The fourth-order valence-corrected chi connectivity index (χ4v) is 0.799. The van der Waals surface area contributed by atoms with Gasteiger partial charge >= 0.3 is 0 Å². The Bertz CT molecular complexity index is 246. The third kappa shape index (κ3) is 1.75. The number of allylic oxidation sites excluding steroid dienone is 1. The van der Waals surface area contributed by atoms with Crippen LogP contribution in [0.25, 0.3) is 0 Å². The Morgan fingerprint density at radius 1 is 1.73 bits per heavy atom. The van der Waals surface area contributed by atoms with Crippen LogP contribution in [-0.4, -0.2) is 10.2 Å². The summed E-state index contributed by atoms with van der Waals surface area (Å²) in [5.74, 6) is 5.80. The molecule has 0 amide bonds. The van der Waals surface area contributed by atoms with Crippen molar-refractivity contribution < 1.29 is 0 Å². The maximum atomic E-state index is 5.19. The molecule has 0 saturated heterocycles. The topological polar surface area (TPSA) is 63.8 Å². The maximum Gasteiger partial charge on any atom is 0.166 e. The number of hydrazine groups is 1. The molecule has 0 bridgehead atoms. The molecule has 1 aromatic rings. The second kappa shape index (κ2) is 3.68. The zero-order valence-electron chi connectivity index (χ0n) is 6.12. The zero-order valence-corrected chi connectivity index (χ0v) is 6.12. The highest BCUT2D eigenvalue weighted by Crippen LogP contribution is 2.08. The summed E-state index contributed by atoms with van der Waals surface area (Å²) >= 11 is 0. The number of rotatable bonds is 3. The summed E-state index contributed by atoms with van der Waals surface area (Å²) in [4.78, 5) is 0. The van der Waals surface area contributed by atoms with Crippen LogP contribution in [0.3, 0.4) is 0 Å². The minimum absolute atomic E-state index is 0.604. The van der Waals surface area contributed by atoms with Crippen molar-refractivity contribution in [3.05, 3.63) is 30.5 Å². The van der Waals surface area contributed by atoms with E-state index in [0.717, 1.165) is 12.0 Å². The Morgan fingerprint density at radius 3 is 3.18 bits per heavy atom. The van der Waals surface area contributed by atoms with E-state index in [1.807, 2.05) is 6.07 Å². The van der Waals surface area contributed by atoms with Gasteiger partial charge in [0.1, 0.15) is 0 Å². The van der Waals surface area contributed by atoms with E-state index in [0.29, 0.717) is 5.82 Å². The van der Waals surface area contributed by atoms with Gasteiger partial charge in [0.05, 0.1) is 6.20 Å². The summed E-state index contributed by atoms with van der Waals surface area (Å²) in [5, 5.41) is 7.45. The van der Waals surface area contributed by atoms with Gasteiger partial charge in [-0.2, -0.15) is 5.10 Å². The van der Waals surface area contributed by atoms with Crippen LogP contribution in [0.15, 0.2) is 24.9 Å². The molecule has 58 valence electrons. The molecule has 1 heterocycles. The summed E-state index contributed by atoms with van der Waals surface area (Å²) in [6.45, 7) is 3.61. The lowest BCUT2D eigenvalue weighted by molar-refractivity contribution is 0.992. The Morgan fingerprint density at radius 2 is 2.55 bits per heavy atom. The van der Waals surface area contributed by atoms with Crippen molar-refractivity contribution >= 4 is 5.82 Å². The zero-order chi connectivity index (χ0) is 8.10. The molecule has 3 N–H and O–H groups in total. The first-order valence-corrected chi connectivity index (χ1v) is 3.26. The second-order valence-corrected chi connectivity index (χ2v) is 2.04. The number of aromatic nitrogens is 2. The van der Waals surface area contributed by atoms with Gasteiger partial charge in [-0.15, -0.1) is 11.7 Å². The van der Waals surface area contributed by atoms with Gasteiger partial charge < -0.3 is 5.43 Å². The van der Waals surface area contributed by atoms with Gasteiger partial charge in [-0.3, -0.25) is 0 Å². The normalized spacial score (nSPS) is 9.18. The SMILES string of the molecule is C=CCc1ccnnc1NN. The van der Waals surface area contributed by atoms with Gasteiger partial charge in [0, 0.05) is 5.56 Å².